The quantitative estimate of drug-likeness (QED) is 0.461. The van der Waals surface area contributed by atoms with E-state index in [4.69, 9.17) is 0 Å². The lowest BCUT2D eigenvalue weighted by atomic mass is 10.0. The fourth-order valence-electron chi connectivity index (χ4n) is 1.64. The van der Waals surface area contributed by atoms with Gasteiger partial charge in [0.05, 0.1) is 7.11 Å². The van der Waals surface area contributed by atoms with Crippen molar-refractivity contribution in [3.8, 4) is 0 Å². The van der Waals surface area contributed by atoms with Gasteiger partial charge >= 0.3 is 5.97 Å². The van der Waals surface area contributed by atoms with Crippen molar-refractivity contribution in [3.63, 3.8) is 0 Å². The van der Waals surface area contributed by atoms with Crippen LogP contribution >= 0.6 is 0 Å². The van der Waals surface area contributed by atoms with E-state index >= 15 is 0 Å². The molecule has 0 fully saturated rings. The van der Waals surface area contributed by atoms with Crippen molar-refractivity contribution in [2.24, 2.45) is 0 Å². The first kappa shape index (κ1) is 14.8. The Hall–Kier alpha value is -2.30. The minimum absolute atomic E-state index is 0.0464. The molecule has 1 heterocycles. The number of hydrogen-bond donors (Lipinski definition) is 0. The van der Waals surface area contributed by atoms with E-state index in [0.29, 0.717) is 11.1 Å². The van der Waals surface area contributed by atoms with Crippen LogP contribution in [0.15, 0.2) is 18.2 Å². The van der Waals surface area contributed by atoms with Gasteiger partial charge in [0.1, 0.15) is 12.0 Å². The largest absolute Gasteiger partial charge is 0.464 e. The van der Waals surface area contributed by atoms with Crippen LogP contribution < -0.4 is 0 Å². The number of aldehydes is 1. The van der Waals surface area contributed by atoms with Crippen molar-refractivity contribution in [3.05, 3.63) is 35.2 Å². The number of Topliss-reactive ketones (excluding diaryl/α,β-unsaturated/α-hetero) is 1. The summed E-state index contributed by atoms with van der Waals surface area (Å²) in [7, 11) is 1.24. The zero-order chi connectivity index (χ0) is 14.4. The third-order valence-corrected chi connectivity index (χ3v) is 2.63. The van der Waals surface area contributed by atoms with Crippen LogP contribution in [0, 0.1) is 0 Å². The van der Waals surface area contributed by atoms with E-state index in [1.165, 1.54) is 20.1 Å². The van der Waals surface area contributed by atoms with Crippen LogP contribution in [0.2, 0.25) is 0 Å². The number of carbonyl (C=O) groups excluding carboxylic acids is 3. The highest BCUT2D eigenvalue weighted by atomic mass is 16.5. The van der Waals surface area contributed by atoms with Crippen molar-refractivity contribution < 1.29 is 19.1 Å². The van der Waals surface area contributed by atoms with Crippen molar-refractivity contribution in [2.45, 2.75) is 20.3 Å². The van der Waals surface area contributed by atoms with Gasteiger partial charge in [-0.25, -0.2) is 9.78 Å². The van der Waals surface area contributed by atoms with Gasteiger partial charge in [0.25, 0.3) is 0 Å². The number of rotatable bonds is 5. The summed E-state index contributed by atoms with van der Waals surface area (Å²) < 4.78 is 4.66. The zero-order valence-electron chi connectivity index (χ0n) is 11.1. The molecule has 0 unspecified atom stereocenters. The second-order valence-electron chi connectivity index (χ2n) is 3.83. The number of nitrogens with zero attached hydrogens (tertiary/aromatic N) is 1. The molecule has 5 heteroatoms. The van der Waals surface area contributed by atoms with Gasteiger partial charge in [-0.15, -0.1) is 0 Å². The van der Waals surface area contributed by atoms with Gasteiger partial charge in [-0.1, -0.05) is 6.08 Å². The van der Waals surface area contributed by atoms with Crippen LogP contribution in [0.3, 0.4) is 0 Å². The van der Waals surface area contributed by atoms with Crippen molar-refractivity contribution in [1.82, 2.24) is 4.98 Å². The predicted octanol–water partition coefficient (Wildman–Crippen LogP) is 2.06. The molecule has 0 aliphatic rings. The summed E-state index contributed by atoms with van der Waals surface area (Å²) in [5.41, 5.74) is 1.40. The van der Waals surface area contributed by atoms with E-state index in [1.54, 1.807) is 19.1 Å². The standard InChI is InChI=1S/C14H15NO4/c1-4-10(7-8-16)11-5-6-12(9(2)17)15-13(11)14(18)19-3/h4-6,8H,7H2,1-3H3/b10-4+. The molecule has 0 saturated heterocycles. The number of pyridine rings is 1. The van der Waals surface area contributed by atoms with Crippen LogP contribution in [0.4, 0.5) is 0 Å². The van der Waals surface area contributed by atoms with Gasteiger partial charge in [-0.05, 0) is 24.6 Å². The first-order valence-corrected chi connectivity index (χ1v) is 5.74. The van der Waals surface area contributed by atoms with Gasteiger partial charge in [-0.3, -0.25) is 4.79 Å². The molecule has 100 valence electrons. The normalized spacial score (nSPS) is 11.0. The third kappa shape index (κ3) is 3.34. The maximum absolute atomic E-state index is 11.7. The average molecular weight is 261 g/mol. The Morgan fingerprint density at radius 2 is 2.05 bits per heavy atom. The maximum atomic E-state index is 11.7. The molecule has 1 aromatic heterocycles. The number of aromatic nitrogens is 1. The van der Waals surface area contributed by atoms with Crippen LogP contribution in [0.5, 0.6) is 0 Å². The zero-order valence-corrected chi connectivity index (χ0v) is 11.1. The highest BCUT2D eigenvalue weighted by Gasteiger charge is 2.18. The highest BCUT2D eigenvalue weighted by molar-refractivity contribution is 5.98. The fraction of sp³-hybridized carbons (Fsp3) is 0.286. The molecule has 5 nitrogen and oxygen atoms in total. The Labute approximate surface area is 111 Å². The fourth-order valence-corrected chi connectivity index (χ4v) is 1.64. The van der Waals surface area contributed by atoms with Gasteiger partial charge < -0.3 is 9.53 Å². The van der Waals surface area contributed by atoms with Crippen molar-refractivity contribution >= 4 is 23.6 Å². The maximum Gasteiger partial charge on any atom is 0.357 e. The summed E-state index contributed by atoms with van der Waals surface area (Å²) >= 11 is 0. The Morgan fingerprint density at radius 1 is 1.37 bits per heavy atom. The Bertz CT molecular complexity index is 546. The van der Waals surface area contributed by atoms with E-state index in [9.17, 15) is 14.4 Å². The molecule has 0 saturated carbocycles. The lowest BCUT2D eigenvalue weighted by Crippen LogP contribution is -2.11. The molecule has 19 heavy (non-hydrogen) atoms. The molecule has 0 aliphatic heterocycles. The minimum atomic E-state index is -0.636. The summed E-state index contributed by atoms with van der Waals surface area (Å²) in [5, 5.41) is 0. The summed E-state index contributed by atoms with van der Waals surface area (Å²) in [6.45, 7) is 3.13. The lowest BCUT2D eigenvalue weighted by Gasteiger charge is -2.10. The molecule has 0 aromatic carbocycles. The van der Waals surface area contributed by atoms with E-state index in [-0.39, 0.29) is 23.6 Å². The third-order valence-electron chi connectivity index (χ3n) is 2.63. The summed E-state index contributed by atoms with van der Waals surface area (Å²) in [4.78, 5) is 37.7. The lowest BCUT2D eigenvalue weighted by molar-refractivity contribution is -0.107. The first-order valence-electron chi connectivity index (χ1n) is 5.74. The Morgan fingerprint density at radius 3 is 2.53 bits per heavy atom. The number of ether oxygens (including phenoxy) is 1. The number of esters is 1. The van der Waals surface area contributed by atoms with E-state index in [2.05, 4.69) is 9.72 Å². The first-order chi connectivity index (χ1) is 9.04. The van der Waals surface area contributed by atoms with Crippen molar-refractivity contribution in [2.75, 3.05) is 7.11 Å². The second-order valence-corrected chi connectivity index (χ2v) is 3.83. The SMILES string of the molecule is C/C=C(\CC=O)c1ccc(C(C)=O)nc1C(=O)OC. The molecule has 0 bridgehead atoms. The molecule has 1 rings (SSSR count). The molecule has 0 atom stereocenters. The Kier molecular flexibility index (Phi) is 5.11. The monoisotopic (exact) mass is 261 g/mol. The second kappa shape index (κ2) is 6.58. The number of allylic oxidation sites excluding steroid dienone is 2. The van der Waals surface area contributed by atoms with E-state index in [0.717, 1.165) is 6.29 Å². The van der Waals surface area contributed by atoms with E-state index < -0.39 is 5.97 Å². The highest BCUT2D eigenvalue weighted by Crippen LogP contribution is 2.21. The summed E-state index contributed by atoms with van der Waals surface area (Å²) in [5.74, 6) is -0.877. The number of methoxy groups -OCH3 is 1. The van der Waals surface area contributed by atoms with Crippen LogP contribution in [-0.4, -0.2) is 30.1 Å². The Balaban J connectivity index is 3.42. The molecule has 0 radical (unpaired) electrons. The minimum Gasteiger partial charge on any atom is -0.464 e. The smallest absolute Gasteiger partial charge is 0.357 e. The van der Waals surface area contributed by atoms with E-state index in [1.807, 2.05) is 0 Å². The number of hydrogen-bond acceptors (Lipinski definition) is 5. The van der Waals surface area contributed by atoms with Gasteiger partial charge in [0.15, 0.2) is 11.5 Å². The molecular formula is C14H15NO4. The van der Waals surface area contributed by atoms with Crippen LogP contribution in [0.1, 0.15) is 46.8 Å². The molecule has 0 amide bonds. The molecule has 0 aliphatic carbocycles. The predicted molar refractivity (Wildman–Crippen MR) is 69.9 cm³/mol. The topological polar surface area (TPSA) is 73.3 Å². The number of ketones is 1. The van der Waals surface area contributed by atoms with Crippen LogP contribution in [-0.2, 0) is 9.53 Å². The molecular weight excluding hydrogens is 246 g/mol. The average Bonchev–Trinajstić information content (AvgIpc) is 2.43. The summed E-state index contributed by atoms with van der Waals surface area (Å²) in [6, 6.07) is 3.13. The molecule has 0 spiro atoms. The van der Waals surface area contributed by atoms with Gasteiger partial charge in [0, 0.05) is 18.9 Å². The number of carbonyl (C=O) groups is 3. The summed E-state index contributed by atoms with van der Waals surface area (Å²) in [6.07, 6.45) is 2.64. The van der Waals surface area contributed by atoms with Gasteiger partial charge in [0.2, 0.25) is 0 Å². The molecule has 1 aromatic rings. The van der Waals surface area contributed by atoms with Gasteiger partial charge in [-0.2, -0.15) is 0 Å². The molecule has 0 N–H and O–H groups in total. The van der Waals surface area contributed by atoms with Crippen molar-refractivity contribution in [1.29, 1.82) is 0 Å². The van der Waals surface area contributed by atoms with Crippen LogP contribution in [0.25, 0.3) is 5.57 Å².